The van der Waals surface area contributed by atoms with Crippen molar-refractivity contribution in [1.29, 1.82) is 0 Å². The van der Waals surface area contributed by atoms with E-state index in [1.54, 1.807) is 0 Å². The number of unbranched alkanes of at least 4 members (excludes halogenated alkanes) is 58. The van der Waals surface area contributed by atoms with E-state index in [0.29, 0.717) is 19.3 Å². The van der Waals surface area contributed by atoms with Gasteiger partial charge < -0.3 is 14.2 Å². The van der Waals surface area contributed by atoms with Crippen LogP contribution in [-0.2, 0) is 28.6 Å². The third-order valence-electron chi connectivity index (χ3n) is 17.1. The van der Waals surface area contributed by atoms with Crippen molar-refractivity contribution in [2.45, 2.75) is 438 Å². The maximum absolute atomic E-state index is 12.9. The molecule has 79 heavy (non-hydrogen) atoms. The number of ether oxygens (including phenoxy) is 3. The summed E-state index contributed by atoms with van der Waals surface area (Å²) >= 11 is 0. The molecule has 0 aliphatic rings. The molecule has 0 spiro atoms. The van der Waals surface area contributed by atoms with Gasteiger partial charge in [0.25, 0.3) is 0 Å². The average Bonchev–Trinajstić information content (AvgIpc) is 3.45. The van der Waals surface area contributed by atoms with Crippen molar-refractivity contribution in [2.75, 3.05) is 13.2 Å². The molecule has 0 heterocycles. The van der Waals surface area contributed by atoms with E-state index < -0.39 is 6.10 Å². The van der Waals surface area contributed by atoms with Gasteiger partial charge in [0.05, 0.1) is 0 Å². The minimum Gasteiger partial charge on any atom is -0.462 e. The molecule has 0 aromatic rings. The molecule has 6 nitrogen and oxygen atoms in total. The highest BCUT2D eigenvalue weighted by Crippen LogP contribution is 2.20. The standard InChI is InChI=1S/C73H142O6/c1-4-7-10-13-16-19-22-25-28-29-30-31-32-33-34-35-36-37-38-39-40-41-42-43-46-48-51-54-57-60-63-66-72(75)78-69-70(79-73(76)67-64-61-58-55-52-49-45-27-24-21-18-15-12-9-6-3)68-77-71(74)65-62-59-56-53-50-47-44-26-23-20-17-14-11-8-5-2/h70H,4-69H2,1-3H3. The predicted molar refractivity (Wildman–Crippen MR) is 344 cm³/mol. The van der Waals surface area contributed by atoms with Crippen LogP contribution in [0.5, 0.6) is 0 Å². The molecular formula is C73H142O6. The second-order valence-corrected chi connectivity index (χ2v) is 25.2. The smallest absolute Gasteiger partial charge is 0.306 e. The van der Waals surface area contributed by atoms with Crippen LogP contribution in [0, 0.1) is 0 Å². The summed E-state index contributed by atoms with van der Waals surface area (Å²) in [6.45, 7) is 6.74. The molecule has 0 radical (unpaired) electrons. The van der Waals surface area contributed by atoms with Crippen molar-refractivity contribution in [3.63, 3.8) is 0 Å². The maximum atomic E-state index is 12.9. The topological polar surface area (TPSA) is 78.9 Å². The van der Waals surface area contributed by atoms with Crippen molar-refractivity contribution in [1.82, 2.24) is 0 Å². The van der Waals surface area contributed by atoms with Crippen LogP contribution in [0.2, 0.25) is 0 Å². The molecule has 1 unspecified atom stereocenters. The van der Waals surface area contributed by atoms with E-state index >= 15 is 0 Å². The first-order valence-electron chi connectivity index (χ1n) is 36.5. The van der Waals surface area contributed by atoms with Gasteiger partial charge in [0, 0.05) is 19.3 Å². The van der Waals surface area contributed by atoms with Crippen LogP contribution in [0.25, 0.3) is 0 Å². The number of carbonyl (C=O) groups excluding carboxylic acids is 3. The number of carbonyl (C=O) groups is 3. The van der Waals surface area contributed by atoms with E-state index in [4.69, 9.17) is 14.2 Å². The summed E-state index contributed by atoms with van der Waals surface area (Å²) in [4.78, 5) is 38.4. The SMILES string of the molecule is CCCCCCCCCCCCCCCCCCCCCCCCCCCCCCCCCC(=O)OCC(COC(=O)CCCCCCCCCCCCCCCCC)OC(=O)CCCCCCCCCCCCCCCCC. The summed E-state index contributed by atoms with van der Waals surface area (Å²) < 4.78 is 17.0. The Morgan fingerprint density at radius 2 is 0.342 bits per heavy atom. The van der Waals surface area contributed by atoms with Crippen LogP contribution in [0.3, 0.4) is 0 Å². The molecule has 0 aliphatic carbocycles. The van der Waals surface area contributed by atoms with Crippen LogP contribution in [0.15, 0.2) is 0 Å². The zero-order valence-electron chi connectivity index (χ0n) is 54.2. The Morgan fingerprint density at radius 3 is 0.506 bits per heavy atom. The highest BCUT2D eigenvalue weighted by Gasteiger charge is 2.20. The molecule has 0 saturated heterocycles. The Balaban J connectivity index is 4.09. The van der Waals surface area contributed by atoms with Gasteiger partial charge in [-0.15, -0.1) is 0 Å². The van der Waals surface area contributed by atoms with Gasteiger partial charge in [-0.2, -0.15) is 0 Å². The highest BCUT2D eigenvalue weighted by atomic mass is 16.6. The molecular weight excluding hydrogens is 973 g/mol. The molecule has 0 saturated carbocycles. The number of hydrogen-bond donors (Lipinski definition) is 0. The van der Waals surface area contributed by atoms with Crippen molar-refractivity contribution in [3.05, 3.63) is 0 Å². The summed E-state index contributed by atoms with van der Waals surface area (Å²) in [7, 11) is 0. The van der Waals surface area contributed by atoms with E-state index in [2.05, 4.69) is 20.8 Å². The van der Waals surface area contributed by atoms with Crippen LogP contribution in [0.4, 0.5) is 0 Å². The number of hydrogen-bond acceptors (Lipinski definition) is 6. The van der Waals surface area contributed by atoms with Gasteiger partial charge >= 0.3 is 17.9 Å². The third kappa shape index (κ3) is 67.1. The van der Waals surface area contributed by atoms with E-state index in [9.17, 15) is 14.4 Å². The van der Waals surface area contributed by atoms with Gasteiger partial charge in [0.15, 0.2) is 6.10 Å². The minimum absolute atomic E-state index is 0.0602. The molecule has 0 aliphatic heterocycles. The number of esters is 3. The van der Waals surface area contributed by atoms with Crippen LogP contribution >= 0.6 is 0 Å². The van der Waals surface area contributed by atoms with E-state index in [1.165, 1.54) is 334 Å². The lowest BCUT2D eigenvalue weighted by molar-refractivity contribution is -0.167. The van der Waals surface area contributed by atoms with Gasteiger partial charge in [-0.1, -0.05) is 393 Å². The molecule has 1 atom stereocenters. The first-order chi connectivity index (χ1) is 39.0. The fourth-order valence-corrected chi connectivity index (χ4v) is 11.6. The summed E-state index contributed by atoms with van der Waals surface area (Å²) in [5, 5.41) is 0. The summed E-state index contributed by atoms with van der Waals surface area (Å²) in [5.41, 5.74) is 0. The van der Waals surface area contributed by atoms with Crippen molar-refractivity contribution in [2.24, 2.45) is 0 Å². The summed E-state index contributed by atoms with van der Waals surface area (Å²) in [6.07, 6.45) is 81.5. The monoisotopic (exact) mass is 1120 g/mol. The fraction of sp³-hybridized carbons (Fsp3) is 0.959. The summed E-state index contributed by atoms with van der Waals surface area (Å²) in [6, 6.07) is 0. The van der Waals surface area contributed by atoms with Crippen LogP contribution in [0.1, 0.15) is 432 Å². The molecule has 0 N–H and O–H groups in total. The maximum Gasteiger partial charge on any atom is 0.306 e. The minimum atomic E-state index is -0.763. The van der Waals surface area contributed by atoms with Gasteiger partial charge in [-0.3, -0.25) is 14.4 Å². The first-order valence-corrected chi connectivity index (χ1v) is 36.5. The lowest BCUT2D eigenvalue weighted by Gasteiger charge is -2.18. The van der Waals surface area contributed by atoms with E-state index in [0.717, 1.165) is 57.8 Å². The zero-order chi connectivity index (χ0) is 57.1. The molecule has 470 valence electrons. The Bertz CT molecular complexity index is 1190. The molecule has 0 aromatic heterocycles. The Labute approximate surface area is 495 Å². The van der Waals surface area contributed by atoms with Gasteiger partial charge in [0.1, 0.15) is 13.2 Å². The molecule has 0 amide bonds. The predicted octanol–water partition coefficient (Wildman–Crippen LogP) is 25.0. The normalized spacial score (nSPS) is 11.9. The largest absolute Gasteiger partial charge is 0.462 e. The highest BCUT2D eigenvalue weighted by molar-refractivity contribution is 5.71. The van der Waals surface area contributed by atoms with Gasteiger partial charge in [0.2, 0.25) is 0 Å². The van der Waals surface area contributed by atoms with Gasteiger partial charge in [-0.25, -0.2) is 0 Å². The average molecular weight is 1120 g/mol. The van der Waals surface area contributed by atoms with Crippen molar-refractivity contribution >= 4 is 17.9 Å². The lowest BCUT2D eigenvalue weighted by atomic mass is 10.0. The second kappa shape index (κ2) is 68.9. The van der Waals surface area contributed by atoms with E-state index in [1.807, 2.05) is 0 Å². The Morgan fingerprint density at radius 1 is 0.203 bits per heavy atom. The van der Waals surface area contributed by atoms with Crippen LogP contribution in [-0.4, -0.2) is 37.2 Å². The molecule has 0 fully saturated rings. The van der Waals surface area contributed by atoms with Gasteiger partial charge in [-0.05, 0) is 19.3 Å². The molecule has 6 heteroatoms. The van der Waals surface area contributed by atoms with E-state index in [-0.39, 0.29) is 31.1 Å². The Hall–Kier alpha value is -1.59. The van der Waals surface area contributed by atoms with Crippen LogP contribution < -0.4 is 0 Å². The number of rotatable bonds is 69. The third-order valence-corrected chi connectivity index (χ3v) is 17.1. The molecule has 0 rings (SSSR count). The Kier molecular flexibility index (Phi) is 67.5. The van der Waals surface area contributed by atoms with Crippen molar-refractivity contribution < 1.29 is 28.6 Å². The molecule has 0 bridgehead atoms. The second-order valence-electron chi connectivity index (χ2n) is 25.2. The lowest BCUT2D eigenvalue weighted by Crippen LogP contribution is -2.30. The zero-order valence-corrected chi connectivity index (χ0v) is 54.2. The summed E-state index contributed by atoms with van der Waals surface area (Å²) in [5.74, 6) is -0.820. The first kappa shape index (κ1) is 77.4. The quantitative estimate of drug-likeness (QED) is 0.0343. The molecule has 0 aromatic carbocycles. The fourth-order valence-electron chi connectivity index (χ4n) is 11.6. The van der Waals surface area contributed by atoms with Crippen molar-refractivity contribution in [3.8, 4) is 0 Å².